The van der Waals surface area contributed by atoms with E-state index < -0.39 is 0 Å². The molecule has 1 amide bonds. The normalized spacial score (nSPS) is 13.6. The third kappa shape index (κ3) is 2.84. The van der Waals surface area contributed by atoms with Crippen LogP contribution in [-0.4, -0.2) is 20.0 Å². The molecule has 0 spiro atoms. The average molecular weight is 336 g/mol. The molecule has 4 rings (SSSR count). The van der Waals surface area contributed by atoms with Crippen molar-refractivity contribution < 1.29 is 4.79 Å². The Balaban J connectivity index is 1.63. The monoisotopic (exact) mass is 336 g/mol. The second-order valence-corrected chi connectivity index (χ2v) is 6.49. The van der Waals surface area contributed by atoms with Gasteiger partial charge in [0.15, 0.2) is 0 Å². The van der Waals surface area contributed by atoms with E-state index in [1.54, 1.807) is 12.3 Å². The van der Waals surface area contributed by atoms with Crippen LogP contribution in [-0.2, 0) is 24.3 Å². The molecule has 0 atom stereocenters. The molecule has 0 fully saturated rings. The van der Waals surface area contributed by atoms with Crippen LogP contribution in [0.3, 0.4) is 0 Å². The molecule has 25 heavy (non-hydrogen) atoms. The van der Waals surface area contributed by atoms with Gasteiger partial charge in [-0.25, -0.2) is 4.98 Å². The molecule has 1 aromatic carbocycles. The van der Waals surface area contributed by atoms with Crippen LogP contribution < -0.4 is 10.9 Å². The van der Waals surface area contributed by atoms with Crippen LogP contribution in [0.15, 0.2) is 41.3 Å². The molecule has 2 aromatic heterocycles. The van der Waals surface area contributed by atoms with Gasteiger partial charge in [-0.3, -0.25) is 14.2 Å². The molecule has 128 valence electrons. The van der Waals surface area contributed by atoms with Crippen molar-refractivity contribution in [2.24, 2.45) is 0 Å². The number of hydrogen-bond acceptors (Lipinski definition) is 3. The Labute approximate surface area is 145 Å². The minimum absolute atomic E-state index is 0.0138. The quantitative estimate of drug-likeness (QED) is 0.799. The van der Waals surface area contributed by atoms with Crippen LogP contribution in [0.5, 0.6) is 0 Å². The smallest absolute Gasteiger partial charge is 0.251 e. The minimum Gasteiger partial charge on any atom is -0.315 e. The van der Waals surface area contributed by atoms with Crippen molar-refractivity contribution in [2.45, 2.75) is 39.3 Å². The van der Waals surface area contributed by atoms with Crippen molar-refractivity contribution in [3.8, 4) is 0 Å². The Hall–Kier alpha value is -2.89. The summed E-state index contributed by atoms with van der Waals surface area (Å²) in [5.74, 6) is 1.51. The zero-order valence-electron chi connectivity index (χ0n) is 14.2. The Morgan fingerprint density at radius 2 is 2.12 bits per heavy atom. The van der Waals surface area contributed by atoms with Gasteiger partial charge >= 0.3 is 0 Å². The van der Waals surface area contributed by atoms with E-state index in [1.165, 1.54) is 4.57 Å². The van der Waals surface area contributed by atoms with E-state index in [-0.39, 0.29) is 18.0 Å². The molecule has 0 saturated heterocycles. The number of aromatic nitrogens is 3. The lowest BCUT2D eigenvalue weighted by atomic mass is 10.1. The van der Waals surface area contributed by atoms with Crippen LogP contribution in [0.1, 0.15) is 24.2 Å². The van der Waals surface area contributed by atoms with Crippen LogP contribution in [0.4, 0.5) is 5.82 Å². The first kappa shape index (κ1) is 15.6. The van der Waals surface area contributed by atoms with Gasteiger partial charge in [0.1, 0.15) is 18.2 Å². The fraction of sp³-hybridized carbons (Fsp3) is 0.316. The summed E-state index contributed by atoms with van der Waals surface area (Å²) in [6, 6.07) is 9.23. The number of pyridine rings is 1. The van der Waals surface area contributed by atoms with E-state index in [4.69, 9.17) is 0 Å². The third-order valence-electron chi connectivity index (χ3n) is 4.77. The first-order valence-electron chi connectivity index (χ1n) is 8.57. The van der Waals surface area contributed by atoms with Crippen molar-refractivity contribution in [3.05, 3.63) is 58.3 Å². The van der Waals surface area contributed by atoms with E-state index >= 15 is 0 Å². The number of aryl methyl sites for hydroxylation is 2. The van der Waals surface area contributed by atoms with Crippen molar-refractivity contribution >= 4 is 22.6 Å². The molecular weight excluding hydrogens is 316 g/mol. The summed E-state index contributed by atoms with van der Waals surface area (Å²) in [5.41, 5.74) is 1.53. The number of carbonyl (C=O) groups excluding carboxylic acids is 1. The van der Waals surface area contributed by atoms with Gasteiger partial charge < -0.3 is 9.88 Å². The summed E-state index contributed by atoms with van der Waals surface area (Å²) in [5, 5.41) is 3.89. The molecule has 6 nitrogen and oxygen atoms in total. The lowest BCUT2D eigenvalue weighted by Crippen LogP contribution is -2.28. The van der Waals surface area contributed by atoms with Crippen molar-refractivity contribution in [1.82, 2.24) is 14.1 Å². The van der Waals surface area contributed by atoms with Crippen molar-refractivity contribution in [3.63, 3.8) is 0 Å². The summed E-state index contributed by atoms with van der Waals surface area (Å²) in [6.45, 7) is 2.77. The second kappa shape index (κ2) is 6.20. The van der Waals surface area contributed by atoms with Crippen LogP contribution in [0.25, 0.3) is 10.9 Å². The van der Waals surface area contributed by atoms with Crippen LogP contribution >= 0.6 is 0 Å². The standard InChI is InChI=1S/C19H20N4O2/c1-13-10-19(25)23(15-7-3-2-6-14(13)15)12-18(24)21-17-11-20-16-8-4-5-9-22(16)17/h2-3,6-7,10-11H,4-5,8-9,12H2,1H3,(H,21,24). The molecule has 0 bridgehead atoms. The van der Waals surface area contributed by atoms with Gasteiger partial charge in [-0.2, -0.15) is 0 Å². The molecule has 0 saturated carbocycles. The highest BCUT2D eigenvalue weighted by Crippen LogP contribution is 2.20. The van der Waals surface area contributed by atoms with Gasteiger partial charge in [0, 0.05) is 24.4 Å². The number of anilines is 1. The Morgan fingerprint density at radius 3 is 3.00 bits per heavy atom. The topological polar surface area (TPSA) is 68.9 Å². The van der Waals surface area contributed by atoms with E-state index in [0.717, 1.165) is 48.1 Å². The number of nitrogens with zero attached hydrogens (tertiary/aromatic N) is 3. The number of amides is 1. The number of hydrogen-bond donors (Lipinski definition) is 1. The second-order valence-electron chi connectivity index (χ2n) is 6.49. The fourth-order valence-electron chi connectivity index (χ4n) is 3.51. The molecule has 0 radical (unpaired) electrons. The maximum atomic E-state index is 12.5. The predicted molar refractivity (Wildman–Crippen MR) is 96.7 cm³/mol. The van der Waals surface area contributed by atoms with Crippen molar-refractivity contribution in [2.75, 3.05) is 5.32 Å². The number of imidazole rings is 1. The number of carbonyl (C=O) groups is 1. The first-order valence-corrected chi connectivity index (χ1v) is 8.57. The molecule has 1 aliphatic heterocycles. The molecule has 3 heterocycles. The molecule has 1 N–H and O–H groups in total. The lowest BCUT2D eigenvalue weighted by Gasteiger charge is -2.17. The molecular formula is C19H20N4O2. The zero-order valence-corrected chi connectivity index (χ0v) is 14.2. The first-order chi connectivity index (χ1) is 12.1. The largest absolute Gasteiger partial charge is 0.315 e. The average Bonchev–Trinajstić information content (AvgIpc) is 3.02. The van der Waals surface area contributed by atoms with Gasteiger partial charge in [0.25, 0.3) is 5.56 Å². The number of rotatable bonds is 3. The highest BCUT2D eigenvalue weighted by molar-refractivity contribution is 5.91. The van der Waals surface area contributed by atoms with Gasteiger partial charge in [-0.15, -0.1) is 0 Å². The van der Waals surface area contributed by atoms with Gasteiger partial charge in [0.05, 0.1) is 11.7 Å². The van der Waals surface area contributed by atoms with E-state index in [2.05, 4.69) is 14.9 Å². The number of nitrogens with one attached hydrogen (secondary N) is 1. The zero-order chi connectivity index (χ0) is 17.4. The molecule has 6 heteroatoms. The number of fused-ring (bicyclic) bond motifs is 2. The fourth-order valence-corrected chi connectivity index (χ4v) is 3.51. The Morgan fingerprint density at radius 1 is 1.28 bits per heavy atom. The summed E-state index contributed by atoms with van der Waals surface area (Å²) in [7, 11) is 0. The molecule has 0 unspecified atom stereocenters. The summed E-state index contributed by atoms with van der Waals surface area (Å²) in [4.78, 5) is 29.3. The summed E-state index contributed by atoms with van der Waals surface area (Å²) in [6.07, 6.45) is 4.87. The van der Waals surface area contributed by atoms with Gasteiger partial charge in [-0.05, 0) is 31.4 Å². The van der Waals surface area contributed by atoms with Crippen molar-refractivity contribution in [1.29, 1.82) is 0 Å². The van der Waals surface area contributed by atoms with E-state index in [0.29, 0.717) is 5.82 Å². The SMILES string of the molecule is Cc1cc(=O)n(CC(=O)Nc2cnc3n2CCCC3)c2ccccc12. The summed E-state index contributed by atoms with van der Waals surface area (Å²) < 4.78 is 3.57. The maximum Gasteiger partial charge on any atom is 0.251 e. The Kier molecular flexibility index (Phi) is 3.87. The van der Waals surface area contributed by atoms with Crippen LogP contribution in [0, 0.1) is 6.92 Å². The van der Waals surface area contributed by atoms with E-state index in [9.17, 15) is 9.59 Å². The highest BCUT2D eigenvalue weighted by Gasteiger charge is 2.16. The van der Waals surface area contributed by atoms with Gasteiger partial charge in [0.2, 0.25) is 5.91 Å². The summed E-state index contributed by atoms with van der Waals surface area (Å²) >= 11 is 0. The van der Waals surface area contributed by atoms with Gasteiger partial charge in [-0.1, -0.05) is 18.2 Å². The Bertz CT molecular complexity index is 1020. The minimum atomic E-state index is -0.218. The molecule has 0 aliphatic carbocycles. The highest BCUT2D eigenvalue weighted by atomic mass is 16.2. The predicted octanol–water partition coefficient (Wildman–Crippen LogP) is 2.48. The maximum absolute atomic E-state index is 12.5. The molecule has 1 aliphatic rings. The molecule has 3 aromatic rings. The number of para-hydroxylation sites is 1. The third-order valence-corrected chi connectivity index (χ3v) is 4.77. The van der Waals surface area contributed by atoms with Crippen LogP contribution in [0.2, 0.25) is 0 Å². The van der Waals surface area contributed by atoms with E-state index in [1.807, 2.05) is 31.2 Å². The lowest BCUT2D eigenvalue weighted by molar-refractivity contribution is -0.116. The number of benzene rings is 1.